The first-order chi connectivity index (χ1) is 4.88. The lowest BCUT2D eigenvalue weighted by Crippen LogP contribution is -1.87. The van der Waals surface area contributed by atoms with E-state index in [9.17, 15) is 0 Å². The molecule has 0 saturated heterocycles. The van der Waals surface area contributed by atoms with Crippen molar-refractivity contribution in [3.63, 3.8) is 0 Å². The molecular formula is C6H4ClN3. The van der Waals surface area contributed by atoms with E-state index in [1.54, 1.807) is 16.9 Å². The van der Waals surface area contributed by atoms with Gasteiger partial charge in [0, 0.05) is 6.20 Å². The largest absolute Gasteiger partial charge is 0.234 e. The van der Waals surface area contributed by atoms with Crippen molar-refractivity contribution in [2.45, 2.75) is 0 Å². The van der Waals surface area contributed by atoms with E-state index in [0.29, 0.717) is 5.15 Å². The summed E-state index contributed by atoms with van der Waals surface area (Å²) in [5.41, 5.74) is 0.771. The average Bonchev–Trinajstić information content (AvgIpc) is 2.34. The molecule has 0 unspecified atom stereocenters. The highest BCUT2D eigenvalue weighted by Crippen LogP contribution is 2.07. The Kier molecular flexibility index (Phi) is 1.11. The molecule has 0 spiro atoms. The monoisotopic (exact) mass is 153 g/mol. The number of hydrogen-bond acceptors (Lipinski definition) is 2. The van der Waals surface area contributed by atoms with Gasteiger partial charge in [-0.2, -0.15) is 5.10 Å². The second-order valence-electron chi connectivity index (χ2n) is 1.87. The van der Waals surface area contributed by atoms with Gasteiger partial charge in [-0.3, -0.25) is 0 Å². The summed E-state index contributed by atoms with van der Waals surface area (Å²) < 4.78 is 1.57. The molecule has 0 N–H and O–H groups in total. The maximum atomic E-state index is 5.71. The van der Waals surface area contributed by atoms with Crippen LogP contribution in [0.3, 0.4) is 0 Å². The molecule has 0 aromatic carbocycles. The van der Waals surface area contributed by atoms with E-state index in [4.69, 9.17) is 11.6 Å². The Morgan fingerprint density at radius 1 is 1.50 bits per heavy atom. The third kappa shape index (κ3) is 0.675. The molecule has 3 nitrogen and oxygen atoms in total. The van der Waals surface area contributed by atoms with Gasteiger partial charge in [-0.1, -0.05) is 11.6 Å². The number of hydrogen-bond donors (Lipinski definition) is 0. The Morgan fingerprint density at radius 3 is 3.20 bits per heavy atom. The summed E-state index contributed by atoms with van der Waals surface area (Å²) in [5.74, 6) is 0. The molecule has 0 fully saturated rings. The highest BCUT2D eigenvalue weighted by molar-refractivity contribution is 6.29. The second-order valence-corrected chi connectivity index (χ2v) is 2.26. The van der Waals surface area contributed by atoms with Crippen LogP contribution in [0.5, 0.6) is 0 Å². The van der Waals surface area contributed by atoms with E-state index in [-0.39, 0.29) is 0 Å². The molecule has 2 aromatic rings. The average molecular weight is 154 g/mol. The molecule has 0 atom stereocenters. The fourth-order valence-electron chi connectivity index (χ4n) is 0.800. The number of rotatable bonds is 0. The van der Waals surface area contributed by atoms with Crippen molar-refractivity contribution in [1.29, 1.82) is 0 Å². The summed E-state index contributed by atoms with van der Waals surface area (Å²) in [6.07, 6.45) is 3.24. The van der Waals surface area contributed by atoms with Crippen LogP contribution < -0.4 is 0 Å². The number of imidazole rings is 1. The maximum absolute atomic E-state index is 5.71. The van der Waals surface area contributed by atoms with Gasteiger partial charge in [0.1, 0.15) is 0 Å². The quantitative estimate of drug-likeness (QED) is 0.573. The smallest absolute Gasteiger partial charge is 0.155 e. The van der Waals surface area contributed by atoms with Gasteiger partial charge in [0.05, 0.1) is 6.20 Å². The first-order valence-electron chi connectivity index (χ1n) is 2.82. The topological polar surface area (TPSA) is 30.2 Å². The normalized spacial score (nSPS) is 10.5. The zero-order valence-corrected chi connectivity index (χ0v) is 5.78. The van der Waals surface area contributed by atoms with Crippen LogP contribution in [0.4, 0.5) is 0 Å². The predicted molar refractivity (Wildman–Crippen MR) is 38.0 cm³/mol. The Balaban J connectivity index is 2.93. The molecule has 0 aliphatic carbocycles. The van der Waals surface area contributed by atoms with Crippen molar-refractivity contribution >= 4 is 17.2 Å². The Bertz CT molecular complexity index is 355. The third-order valence-electron chi connectivity index (χ3n) is 1.24. The minimum absolute atomic E-state index is 0.538. The van der Waals surface area contributed by atoms with Gasteiger partial charge < -0.3 is 0 Å². The number of nitrogens with zero attached hydrogens (tertiary/aromatic N) is 3. The third-order valence-corrected chi connectivity index (χ3v) is 1.49. The van der Waals surface area contributed by atoms with Crippen molar-refractivity contribution in [3.8, 4) is 0 Å². The lowest BCUT2D eigenvalue weighted by Gasteiger charge is -1.88. The molecular weight excluding hydrogens is 150 g/mol. The molecule has 50 valence electrons. The van der Waals surface area contributed by atoms with Crippen molar-refractivity contribution in [3.05, 3.63) is 29.7 Å². The molecule has 10 heavy (non-hydrogen) atoms. The zero-order chi connectivity index (χ0) is 6.97. The minimum Gasteiger partial charge on any atom is -0.234 e. The van der Waals surface area contributed by atoms with Crippen molar-refractivity contribution in [2.24, 2.45) is 0 Å². The van der Waals surface area contributed by atoms with Gasteiger partial charge in [-0.05, 0) is 12.1 Å². The summed E-state index contributed by atoms with van der Waals surface area (Å²) in [6, 6.07) is 3.66. The summed E-state index contributed by atoms with van der Waals surface area (Å²) in [6.45, 7) is 0. The van der Waals surface area contributed by atoms with Crippen LogP contribution in [0.25, 0.3) is 5.65 Å². The van der Waals surface area contributed by atoms with Crippen LogP contribution in [-0.2, 0) is 0 Å². The number of aromatic nitrogens is 3. The highest BCUT2D eigenvalue weighted by Gasteiger charge is 1.96. The Morgan fingerprint density at radius 2 is 2.40 bits per heavy atom. The first-order valence-corrected chi connectivity index (χ1v) is 3.20. The van der Waals surface area contributed by atoms with Gasteiger partial charge >= 0.3 is 0 Å². The maximum Gasteiger partial charge on any atom is 0.155 e. The van der Waals surface area contributed by atoms with Crippen LogP contribution in [0, 0.1) is 0 Å². The molecule has 2 heterocycles. The fourth-order valence-corrected chi connectivity index (χ4v) is 0.979. The van der Waals surface area contributed by atoms with E-state index in [1.165, 1.54) is 0 Å². The number of fused-ring (bicyclic) bond motifs is 1. The van der Waals surface area contributed by atoms with Crippen molar-refractivity contribution in [2.75, 3.05) is 0 Å². The van der Waals surface area contributed by atoms with Crippen LogP contribution in [0.1, 0.15) is 0 Å². The van der Waals surface area contributed by atoms with Crippen LogP contribution in [0.2, 0.25) is 5.15 Å². The Labute approximate surface area is 62.3 Å². The van der Waals surface area contributed by atoms with Crippen LogP contribution in [-0.4, -0.2) is 14.6 Å². The summed E-state index contributed by atoms with van der Waals surface area (Å²) >= 11 is 5.71. The van der Waals surface area contributed by atoms with E-state index < -0.39 is 0 Å². The summed E-state index contributed by atoms with van der Waals surface area (Å²) in [4.78, 5) is 3.99. The summed E-state index contributed by atoms with van der Waals surface area (Å²) in [7, 11) is 0. The molecule has 0 radical (unpaired) electrons. The van der Waals surface area contributed by atoms with Crippen molar-refractivity contribution in [1.82, 2.24) is 14.6 Å². The van der Waals surface area contributed by atoms with E-state index in [1.807, 2.05) is 12.1 Å². The molecule has 2 rings (SSSR count). The zero-order valence-electron chi connectivity index (χ0n) is 5.03. The van der Waals surface area contributed by atoms with Gasteiger partial charge in [-0.25, -0.2) is 9.50 Å². The summed E-state index contributed by atoms with van der Waals surface area (Å²) in [5, 5.41) is 4.50. The predicted octanol–water partition coefficient (Wildman–Crippen LogP) is 1.38. The second kappa shape index (κ2) is 1.95. The van der Waals surface area contributed by atoms with E-state index in [0.717, 1.165) is 5.65 Å². The standard InChI is InChI=1S/C6H4ClN3/c7-5-4-8-6-2-1-3-9-10(5)6/h1-4H. The van der Waals surface area contributed by atoms with Crippen LogP contribution in [0.15, 0.2) is 24.5 Å². The Hall–Kier alpha value is -1.09. The molecule has 0 bridgehead atoms. The lowest BCUT2D eigenvalue weighted by molar-refractivity contribution is 0.936. The van der Waals surface area contributed by atoms with Crippen molar-refractivity contribution < 1.29 is 0 Å². The SMILES string of the molecule is Clc1cnc2cccnn12. The van der Waals surface area contributed by atoms with Gasteiger partial charge in [0.2, 0.25) is 0 Å². The molecule has 0 aliphatic rings. The number of halogens is 1. The van der Waals surface area contributed by atoms with Gasteiger partial charge in [-0.15, -0.1) is 0 Å². The van der Waals surface area contributed by atoms with Gasteiger partial charge in [0.15, 0.2) is 10.8 Å². The van der Waals surface area contributed by atoms with E-state index >= 15 is 0 Å². The van der Waals surface area contributed by atoms with Crippen LogP contribution >= 0.6 is 11.6 Å². The molecule has 0 aliphatic heterocycles. The molecule has 4 heteroatoms. The van der Waals surface area contributed by atoms with Gasteiger partial charge in [0.25, 0.3) is 0 Å². The highest BCUT2D eigenvalue weighted by atomic mass is 35.5. The molecule has 0 amide bonds. The first kappa shape index (κ1) is 5.68. The lowest BCUT2D eigenvalue weighted by atomic mass is 10.6. The minimum atomic E-state index is 0.538. The molecule has 2 aromatic heterocycles. The fraction of sp³-hybridized carbons (Fsp3) is 0. The molecule has 0 saturated carbocycles. The van der Waals surface area contributed by atoms with E-state index in [2.05, 4.69) is 10.1 Å².